The highest BCUT2D eigenvalue weighted by molar-refractivity contribution is 5.94. The van der Waals surface area contributed by atoms with Crippen molar-refractivity contribution in [1.82, 2.24) is 34.4 Å². The number of H-pyrrole nitrogens is 1. The summed E-state index contributed by atoms with van der Waals surface area (Å²) in [5.41, 5.74) is 0.00906. The van der Waals surface area contributed by atoms with E-state index in [1.807, 2.05) is 0 Å². The summed E-state index contributed by atoms with van der Waals surface area (Å²) >= 11 is 0. The minimum absolute atomic E-state index is 0.00268. The van der Waals surface area contributed by atoms with Gasteiger partial charge < -0.3 is 23.3 Å². The van der Waals surface area contributed by atoms with Crippen LogP contribution in [0.4, 0.5) is 17.6 Å². The Morgan fingerprint density at radius 1 is 1.19 bits per heavy atom. The Bertz CT molecular complexity index is 1610. The van der Waals surface area contributed by atoms with Crippen LogP contribution in [0.2, 0.25) is 0 Å². The Hall–Kier alpha value is -4.49. The third-order valence-electron chi connectivity index (χ3n) is 5.80. The number of fused-ring (bicyclic) bond motifs is 2. The first kappa shape index (κ1) is 22.0. The minimum Gasteiger partial charge on any atom is -0.438 e. The standard InChI is InChI=1S/C22H15F4N7O3/c1-32-7-13(29-9-32)19-31-18(22(24,25)26)17(36-19)21(34)33-5-4-11-15(28-8-27-11)16(33)20-30-12-6-10(23)2-3-14(12)35-20/h2-3,6-9,16H,4-5H2,1H3,(H,27,28)/t16-/m0/s1. The number of nitrogens with zero attached hydrogens (tertiary/aromatic N) is 6. The molecule has 10 nitrogen and oxygen atoms in total. The number of halogens is 4. The van der Waals surface area contributed by atoms with Crippen LogP contribution in [0.15, 0.2) is 45.9 Å². The minimum atomic E-state index is -4.97. The van der Waals surface area contributed by atoms with E-state index in [9.17, 15) is 22.4 Å². The fourth-order valence-electron chi connectivity index (χ4n) is 4.20. The number of carbonyl (C=O) groups is 1. The maximum atomic E-state index is 13.9. The Labute approximate surface area is 198 Å². The number of aryl methyl sites for hydroxylation is 1. The van der Waals surface area contributed by atoms with Gasteiger partial charge in [0.1, 0.15) is 17.0 Å². The second kappa shape index (κ2) is 7.76. The molecule has 184 valence electrons. The van der Waals surface area contributed by atoms with Crippen LogP contribution < -0.4 is 0 Å². The number of amides is 1. The molecule has 1 amide bonds. The van der Waals surface area contributed by atoms with Gasteiger partial charge in [0.05, 0.1) is 18.3 Å². The van der Waals surface area contributed by atoms with E-state index in [1.165, 1.54) is 35.6 Å². The third-order valence-corrected chi connectivity index (χ3v) is 5.80. The Balaban J connectivity index is 1.47. The molecule has 1 N–H and O–H groups in total. The van der Waals surface area contributed by atoms with Crippen molar-refractivity contribution in [3.8, 4) is 11.6 Å². The number of hydrogen-bond donors (Lipinski definition) is 1. The van der Waals surface area contributed by atoms with Crippen LogP contribution >= 0.6 is 0 Å². The van der Waals surface area contributed by atoms with Crippen molar-refractivity contribution in [3.05, 3.63) is 71.6 Å². The average molecular weight is 501 g/mol. The second-order valence-corrected chi connectivity index (χ2v) is 8.20. The fourth-order valence-corrected chi connectivity index (χ4v) is 4.20. The summed E-state index contributed by atoms with van der Waals surface area (Å²) in [6.07, 6.45) is -0.501. The van der Waals surface area contributed by atoms with Gasteiger partial charge in [-0.1, -0.05) is 0 Å². The molecule has 14 heteroatoms. The molecular weight excluding hydrogens is 486 g/mol. The Kier molecular flexibility index (Phi) is 4.74. The van der Waals surface area contributed by atoms with E-state index in [0.717, 1.165) is 11.0 Å². The molecule has 0 spiro atoms. The van der Waals surface area contributed by atoms with E-state index in [-0.39, 0.29) is 35.6 Å². The normalized spacial score (nSPS) is 16.0. The first-order valence-corrected chi connectivity index (χ1v) is 10.6. The summed E-state index contributed by atoms with van der Waals surface area (Å²) < 4.78 is 68.0. The largest absolute Gasteiger partial charge is 0.438 e. The van der Waals surface area contributed by atoms with E-state index in [1.54, 1.807) is 7.05 Å². The zero-order valence-corrected chi connectivity index (χ0v) is 18.4. The summed E-state index contributed by atoms with van der Waals surface area (Å²) in [6, 6.07) is 2.62. The van der Waals surface area contributed by atoms with Crippen LogP contribution in [0.25, 0.3) is 22.7 Å². The highest BCUT2D eigenvalue weighted by Crippen LogP contribution is 2.39. The van der Waals surface area contributed by atoms with Crippen molar-refractivity contribution in [2.75, 3.05) is 6.54 Å². The van der Waals surface area contributed by atoms with Gasteiger partial charge in [-0.2, -0.15) is 13.2 Å². The van der Waals surface area contributed by atoms with E-state index in [4.69, 9.17) is 8.83 Å². The number of alkyl halides is 3. The van der Waals surface area contributed by atoms with Crippen molar-refractivity contribution in [1.29, 1.82) is 0 Å². The summed E-state index contributed by atoms with van der Waals surface area (Å²) in [7, 11) is 1.63. The quantitative estimate of drug-likeness (QED) is 0.373. The SMILES string of the molecule is Cn1cnc(-c2nc(C(F)(F)F)c(C(=O)N3CCc4[nH]cnc4[C@H]3c3nc4cc(F)ccc4o3)o2)c1. The molecule has 0 saturated carbocycles. The van der Waals surface area contributed by atoms with Gasteiger partial charge >= 0.3 is 6.18 Å². The molecule has 1 aliphatic heterocycles. The monoisotopic (exact) mass is 501 g/mol. The van der Waals surface area contributed by atoms with Crippen molar-refractivity contribution < 1.29 is 31.2 Å². The van der Waals surface area contributed by atoms with Gasteiger partial charge in [-0.3, -0.25) is 4.79 Å². The van der Waals surface area contributed by atoms with Crippen LogP contribution in [0.5, 0.6) is 0 Å². The zero-order chi connectivity index (χ0) is 25.2. The molecule has 1 atom stereocenters. The number of rotatable bonds is 3. The third kappa shape index (κ3) is 3.52. The van der Waals surface area contributed by atoms with Crippen molar-refractivity contribution in [2.24, 2.45) is 7.05 Å². The highest BCUT2D eigenvalue weighted by atomic mass is 19.4. The predicted octanol–water partition coefficient (Wildman–Crippen LogP) is 3.89. The topological polar surface area (TPSA) is 119 Å². The summed E-state index contributed by atoms with van der Waals surface area (Å²) in [4.78, 5) is 33.7. The summed E-state index contributed by atoms with van der Waals surface area (Å²) in [5.74, 6) is -3.09. The van der Waals surface area contributed by atoms with Crippen LogP contribution in [0.1, 0.15) is 39.6 Å². The van der Waals surface area contributed by atoms with Crippen molar-refractivity contribution in [3.63, 3.8) is 0 Å². The predicted molar refractivity (Wildman–Crippen MR) is 113 cm³/mol. The first-order chi connectivity index (χ1) is 17.2. The molecule has 6 rings (SSSR count). The molecular formula is C22H15F4N7O3. The number of benzene rings is 1. The molecule has 0 saturated heterocycles. The first-order valence-electron chi connectivity index (χ1n) is 10.6. The second-order valence-electron chi connectivity index (χ2n) is 8.20. The molecule has 0 unspecified atom stereocenters. The lowest BCUT2D eigenvalue weighted by molar-refractivity contribution is -0.141. The van der Waals surface area contributed by atoms with Gasteiger partial charge in [0.25, 0.3) is 5.91 Å². The molecule has 5 aromatic rings. The number of aromatic amines is 1. The lowest BCUT2D eigenvalue weighted by Gasteiger charge is -2.32. The zero-order valence-electron chi connectivity index (χ0n) is 18.4. The smallest absolute Gasteiger partial charge is 0.437 e. The van der Waals surface area contributed by atoms with Gasteiger partial charge in [0, 0.05) is 38.0 Å². The van der Waals surface area contributed by atoms with Crippen LogP contribution in [-0.2, 0) is 19.6 Å². The lowest BCUT2D eigenvalue weighted by atomic mass is 10.0. The molecule has 0 bridgehead atoms. The van der Waals surface area contributed by atoms with Crippen molar-refractivity contribution >= 4 is 17.0 Å². The van der Waals surface area contributed by atoms with Gasteiger partial charge in [-0.05, 0) is 12.1 Å². The van der Waals surface area contributed by atoms with E-state index < -0.39 is 41.3 Å². The number of oxazole rings is 2. The number of carbonyl (C=O) groups excluding carboxylic acids is 1. The maximum Gasteiger partial charge on any atom is 0.437 e. The van der Waals surface area contributed by atoms with Crippen LogP contribution in [0, 0.1) is 5.82 Å². The Morgan fingerprint density at radius 3 is 2.78 bits per heavy atom. The van der Waals surface area contributed by atoms with Gasteiger partial charge in [-0.25, -0.2) is 24.3 Å². The van der Waals surface area contributed by atoms with Gasteiger partial charge in [0.15, 0.2) is 17.3 Å². The molecule has 0 aliphatic carbocycles. The average Bonchev–Trinajstić information content (AvgIpc) is 3.61. The molecule has 0 radical (unpaired) electrons. The molecule has 36 heavy (non-hydrogen) atoms. The Morgan fingerprint density at radius 2 is 2.03 bits per heavy atom. The fraction of sp³-hybridized carbons (Fsp3) is 0.227. The highest BCUT2D eigenvalue weighted by Gasteiger charge is 2.46. The molecule has 1 aliphatic rings. The van der Waals surface area contributed by atoms with Gasteiger partial charge in [0.2, 0.25) is 17.5 Å². The lowest BCUT2D eigenvalue weighted by Crippen LogP contribution is -2.41. The number of aromatic nitrogens is 6. The van der Waals surface area contributed by atoms with Crippen LogP contribution in [-0.4, -0.2) is 46.8 Å². The van der Waals surface area contributed by atoms with E-state index in [0.29, 0.717) is 11.4 Å². The molecule has 4 aromatic heterocycles. The van der Waals surface area contributed by atoms with Gasteiger partial charge in [-0.15, -0.1) is 0 Å². The number of imidazole rings is 2. The maximum absolute atomic E-state index is 13.9. The number of nitrogens with one attached hydrogen (secondary N) is 1. The van der Waals surface area contributed by atoms with Crippen LogP contribution in [0.3, 0.4) is 0 Å². The summed E-state index contributed by atoms with van der Waals surface area (Å²) in [5, 5.41) is 0. The van der Waals surface area contributed by atoms with E-state index >= 15 is 0 Å². The summed E-state index contributed by atoms with van der Waals surface area (Å²) in [6.45, 7) is 0.00268. The molecule has 1 aromatic carbocycles. The van der Waals surface area contributed by atoms with Crippen molar-refractivity contribution in [2.45, 2.75) is 18.6 Å². The molecule has 5 heterocycles. The van der Waals surface area contributed by atoms with E-state index in [2.05, 4.69) is 24.9 Å². The molecule has 0 fully saturated rings. The number of hydrogen-bond acceptors (Lipinski definition) is 7.